The van der Waals surface area contributed by atoms with Crippen molar-refractivity contribution in [2.24, 2.45) is 0 Å². The van der Waals surface area contributed by atoms with Gasteiger partial charge in [0.15, 0.2) is 5.69 Å². The molecule has 20 heavy (non-hydrogen) atoms. The molecular formula is C15H13ClN2O2. The van der Waals surface area contributed by atoms with E-state index in [9.17, 15) is 9.90 Å². The Morgan fingerprint density at radius 3 is 2.65 bits per heavy atom. The van der Waals surface area contributed by atoms with Gasteiger partial charge in [0.25, 0.3) is 0 Å². The van der Waals surface area contributed by atoms with E-state index in [0.717, 1.165) is 36.2 Å². The van der Waals surface area contributed by atoms with E-state index in [2.05, 4.69) is 5.10 Å². The molecule has 0 amide bonds. The van der Waals surface area contributed by atoms with E-state index in [4.69, 9.17) is 11.6 Å². The van der Waals surface area contributed by atoms with Gasteiger partial charge in [0.1, 0.15) is 0 Å². The number of hydrogen-bond acceptors (Lipinski definition) is 2. The number of fused-ring (bicyclic) bond motifs is 5. The van der Waals surface area contributed by atoms with Gasteiger partial charge in [0.05, 0.1) is 11.4 Å². The molecule has 1 saturated carbocycles. The highest BCUT2D eigenvalue weighted by molar-refractivity contribution is 6.30. The molecule has 2 bridgehead atoms. The Hall–Kier alpha value is -1.81. The summed E-state index contributed by atoms with van der Waals surface area (Å²) in [4.78, 5) is 11.4. The monoisotopic (exact) mass is 288 g/mol. The van der Waals surface area contributed by atoms with Gasteiger partial charge >= 0.3 is 5.97 Å². The molecule has 0 saturated heterocycles. The first kappa shape index (κ1) is 12.0. The van der Waals surface area contributed by atoms with Crippen LogP contribution in [0.1, 0.15) is 52.8 Å². The molecule has 4 nitrogen and oxygen atoms in total. The van der Waals surface area contributed by atoms with E-state index in [1.165, 1.54) is 0 Å². The summed E-state index contributed by atoms with van der Waals surface area (Å²) in [6.45, 7) is 0. The highest BCUT2D eigenvalue weighted by atomic mass is 35.5. The number of carbonyl (C=O) groups is 1. The van der Waals surface area contributed by atoms with Crippen LogP contribution in [-0.4, -0.2) is 20.9 Å². The molecule has 2 aliphatic rings. The van der Waals surface area contributed by atoms with E-state index < -0.39 is 5.97 Å². The van der Waals surface area contributed by atoms with Crippen LogP contribution in [0.3, 0.4) is 0 Å². The van der Waals surface area contributed by atoms with Crippen LogP contribution < -0.4 is 0 Å². The molecular weight excluding hydrogens is 276 g/mol. The predicted molar refractivity (Wildman–Crippen MR) is 74.9 cm³/mol. The highest BCUT2D eigenvalue weighted by Crippen LogP contribution is 2.54. The zero-order valence-electron chi connectivity index (χ0n) is 10.7. The summed E-state index contributed by atoms with van der Waals surface area (Å²) in [5.74, 6) is -0.102. The van der Waals surface area contributed by atoms with Gasteiger partial charge in [-0.15, -0.1) is 0 Å². The topological polar surface area (TPSA) is 55.1 Å². The number of hydrogen-bond donors (Lipinski definition) is 1. The fourth-order valence-corrected chi connectivity index (χ4v) is 3.79. The minimum absolute atomic E-state index is 0.224. The standard InChI is InChI=1S/C15H13ClN2O2/c16-10-3-5-11(6-4-10)18-14-9-2-1-8(7-9)12(14)13(17-18)15(19)20/h3-6,8-9H,1-2,7H2,(H,19,20)/t8-,9+/m1/s1. The molecule has 4 rings (SSSR count). The lowest BCUT2D eigenvalue weighted by Crippen LogP contribution is -2.05. The molecule has 1 N–H and O–H groups in total. The average Bonchev–Trinajstić information content (AvgIpc) is 3.11. The van der Waals surface area contributed by atoms with E-state index in [0.29, 0.717) is 16.9 Å². The van der Waals surface area contributed by atoms with Crippen LogP contribution in [0, 0.1) is 0 Å². The number of carboxylic acids is 1. The summed E-state index contributed by atoms with van der Waals surface area (Å²) in [6, 6.07) is 7.37. The number of benzene rings is 1. The summed E-state index contributed by atoms with van der Waals surface area (Å²) in [6.07, 6.45) is 3.29. The predicted octanol–water partition coefficient (Wildman–Crippen LogP) is 3.59. The highest BCUT2D eigenvalue weighted by Gasteiger charge is 2.44. The third-order valence-electron chi connectivity index (χ3n) is 4.46. The van der Waals surface area contributed by atoms with Crippen LogP contribution in [0.2, 0.25) is 5.02 Å². The lowest BCUT2D eigenvalue weighted by atomic mass is 9.95. The molecule has 5 heteroatoms. The molecule has 2 atom stereocenters. The number of rotatable bonds is 2. The van der Waals surface area contributed by atoms with Crippen LogP contribution >= 0.6 is 11.6 Å². The van der Waals surface area contributed by atoms with Gasteiger partial charge in [-0.2, -0.15) is 5.10 Å². The van der Waals surface area contributed by atoms with Gasteiger partial charge in [-0.3, -0.25) is 0 Å². The summed E-state index contributed by atoms with van der Waals surface area (Å²) >= 11 is 5.91. The van der Waals surface area contributed by atoms with Crippen LogP contribution in [0.5, 0.6) is 0 Å². The Morgan fingerprint density at radius 1 is 1.25 bits per heavy atom. The van der Waals surface area contributed by atoms with Gasteiger partial charge in [0, 0.05) is 16.5 Å². The minimum atomic E-state index is -0.929. The van der Waals surface area contributed by atoms with Gasteiger partial charge in [0.2, 0.25) is 0 Å². The van der Waals surface area contributed by atoms with Crippen molar-refractivity contribution in [2.45, 2.75) is 31.1 Å². The summed E-state index contributed by atoms with van der Waals surface area (Å²) in [5.41, 5.74) is 3.16. The third kappa shape index (κ3) is 1.54. The maximum atomic E-state index is 11.4. The maximum Gasteiger partial charge on any atom is 0.356 e. The molecule has 0 aliphatic heterocycles. The summed E-state index contributed by atoms with van der Waals surface area (Å²) in [7, 11) is 0. The number of aromatic nitrogens is 2. The first-order chi connectivity index (χ1) is 9.65. The molecule has 0 radical (unpaired) electrons. The Balaban J connectivity index is 1.93. The van der Waals surface area contributed by atoms with Gasteiger partial charge < -0.3 is 5.11 Å². The smallest absolute Gasteiger partial charge is 0.356 e. The maximum absolute atomic E-state index is 11.4. The molecule has 1 aromatic carbocycles. The van der Waals surface area contributed by atoms with Crippen LogP contribution in [-0.2, 0) is 0 Å². The van der Waals surface area contributed by atoms with E-state index >= 15 is 0 Å². The Bertz CT molecular complexity index is 705. The molecule has 1 aromatic heterocycles. The molecule has 0 spiro atoms. The van der Waals surface area contributed by atoms with E-state index in [1.54, 1.807) is 16.8 Å². The summed E-state index contributed by atoms with van der Waals surface area (Å²) < 4.78 is 1.80. The lowest BCUT2D eigenvalue weighted by Gasteiger charge is -2.13. The van der Waals surface area contributed by atoms with Crippen LogP contribution in [0.15, 0.2) is 24.3 Å². The molecule has 1 fully saturated rings. The first-order valence-corrected chi connectivity index (χ1v) is 7.15. The zero-order chi connectivity index (χ0) is 13.9. The second-order valence-corrected chi connectivity index (χ2v) is 5.98. The normalized spacial score (nSPS) is 23.1. The second-order valence-electron chi connectivity index (χ2n) is 5.55. The van der Waals surface area contributed by atoms with Crippen molar-refractivity contribution in [3.8, 4) is 5.69 Å². The minimum Gasteiger partial charge on any atom is -0.476 e. The Morgan fingerprint density at radius 2 is 1.95 bits per heavy atom. The van der Waals surface area contributed by atoms with Crippen molar-refractivity contribution in [1.29, 1.82) is 0 Å². The fourth-order valence-electron chi connectivity index (χ4n) is 3.67. The summed E-state index contributed by atoms with van der Waals surface area (Å²) in [5, 5.41) is 14.4. The lowest BCUT2D eigenvalue weighted by molar-refractivity contribution is 0.0688. The molecule has 2 aromatic rings. The van der Waals surface area contributed by atoms with E-state index in [1.807, 2.05) is 12.1 Å². The number of halogens is 1. The zero-order valence-corrected chi connectivity index (χ0v) is 11.5. The van der Waals surface area contributed by atoms with Crippen molar-refractivity contribution in [1.82, 2.24) is 9.78 Å². The SMILES string of the molecule is O=C(O)c1nn(-c2ccc(Cl)cc2)c2c1[C@@H]1CC[C@H]2C1. The Kier molecular flexibility index (Phi) is 2.45. The van der Waals surface area contributed by atoms with Crippen molar-refractivity contribution in [3.05, 3.63) is 46.2 Å². The van der Waals surface area contributed by atoms with Crippen molar-refractivity contribution in [2.75, 3.05) is 0 Å². The quantitative estimate of drug-likeness (QED) is 0.919. The van der Waals surface area contributed by atoms with E-state index in [-0.39, 0.29) is 5.69 Å². The van der Waals surface area contributed by atoms with Gasteiger partial charge in [-0.05, 0) is 49.4 Å². The fraction of sp³-hybridized carbons (Fsp3) is 0.333. The second kappa shape index (κ2) is 4.09. The van der Waals surface area contributed by atoms with Crippen LogP contribution in [0.4, 0.5) is 0 Å². The van der Waals surface area contributed by atoms with Crippen molar-refractivity contribution < 1.29 is 9.90 Å². The van der Waals surface area contributed by atoms with Gasteiger partial charge in [-0.25, -0.2) is 9.48 Å². The number of carboxylic acid groups (broad SMARTS) is 1. The van der Waals surface area contributed by atoms with Crippen molar-refractivity contribution in [3.63, 3.8) is 0 Å². The van der Waals surface area contributed by atoms with Crippen molar-refractivity contribution >= 4 is 17.6 Å². The number of nitrogens with zero attached hydrogens (tertiary/aromatic N) is 2. The largest absolute Gasteiger partial charge is 0.476 e. The Labute approximate surface area is 121 Å². The number of aromatic carboxylic acids is 1. The van der Waals surface area contributed by atoms with Crippen LogP contribution in [0.25, 0.3) is 5.69 Å². The van der Waals surface area contributed by atoms with Gasteiger partial charge in [-0.1, -0.05) is 11.6 Å². The molecule has 102 valence electrons. The average molecular weight is 289 g/mol. The first-order valence-electron chi connectivity index (χ1n) is 6.77. The third-order valence-corrected chi connectivity index (χ3v) is 4.71. The molecule has 2 aliphatic carbocycles. The molecule has 1 heterocycles. The molecule has 0 unspecified atom stereocenters.